The highest BCUT2D eigenvalue weighted by Crippen LogP contribution is 2.28. The molecule has 1 unspecified atom stereocenters. The topological polar surface area (TPSA) is 46.3 Å². The van der Waals surface area contributed by atoms with Gasteiger partial charge in [0.05, 0.1) is 0 Å². The van der Waals surface area contributed by atoms with Crippen LogP contribution in [0.1, 0.15) is 49.5 Å². The average Bonchev–Trinajstić information content (AvgIpc) is 2.85. The van der Waals surface area contributed by atoms with Crippen LogP contribution in [0.4, 0.5) is 0 Å². The second-order valence-electron chi connectivity index (χ2n) is 6.33. The standard InChI is InChI=1S/C16H24N2O/c1-16(2,3)14-9-5-4-8-13(14)15(19)18-10-6-7-12(18)11-17/h4-5,8-9,12H,6-7,10-11,17H2,1-3H3. The van der Waals surface area contributed by atoms with Crippen molar-refractivity contribution in [1.29, 1.82) is 0 Å². The van der Waals surface area contributed by atoms with Crippen molar-refractivity contribution in [2.24, 2.45) is 5.73 Å². The van der Waals surface area contributed by atoms with Crippen molar-refractivity contribution in [2.45, 2.75) is 45.1 Å². The lowest BCUT2D eigenvalue weighted by Gasteiger charge is -2.28. The average molecular weight is 260 g/mol. The molecule has 1 aliphatic rings. The van der Waals surface area contributed by atoms with Gasteiger partial charge < -0.3 is 10.6 Å². The van der Waals surface area contributed by atoms with Gasteiger partial charge in [0.25, 0.3) is 5.91 Å². The smallest absolute Gasteiger partial charge is 0.254 e. The molecular weight excluding hydrogens is 236 g/mol. The molecule has 1 aromatic carbocycles. The Morgan fingerprint density at radius 3 is 2.68 bits per heavy atom. The molecule has 0 spiro atoms. The van der Waals surface area contributed by atoms with Crippen molar-refractivity contribution in [3.8, 4) is 0 Å². The second kappa shape index (κ2) is 5.33. The van der Waals surface area contributed by atoms with E-state index in [1.165, 1.54) is 0 Å². The fourth-order valence-corrected chi connectivity index (χ4v) is 2.83. The van der Waals surface area contributed by atoms with E-state index in [0.29, 0.717) is 6.54 Å². The van der Waals surface area contributed by atoms with Gasteiger partial charge in [-0.25, -0.2) is 0 Å². The molecule has 1 amide bonds. The maximum Gasteiger partial charge on any atom is 0.254 e. The van der Waals surface area contributed by atoms with Gasteiger partial charge in [0, 0.05) is 24.7 Å². The lowest BCUT2D eigenvalue weighted by Crippen LogP contribution is -2.40. The van der Waals surface area contributed by atoms with Crippen molar-refractivity contribution in [1.82, 2.24) is 4.90 Å². The summed E-state index contributed by atoms with van der Waals surface area (Å²) in [5.74, 6) is 0.137. The summed E-state index contributed by atoms with van der Waals surface area (Å²) in [7, 11) is 0. The number of nitrogens with zero attached hydrogens (tertiary/aromatic N) is 1. The molecule has 2 N–H and O–H groups in total. The molecule has 3 heteroatoms. The molecular formula is C16H24N2O. The van der Waals surface area contributed by atoms with Crippen molar-refractivity contribution >= 4 is 5.91 Å². The number of carbonyl (C=O) groups is 1. The van der Waals surface area contributed by atoms with Gasteiger partial charge in [-0.2, -0.15) is 0 Å². The number of hydrogen-bond donors (Lipinski definition) is 1. The Hall–Kier alpha value is -1.35. The van der Waals surface area contributed by atoms with E-state index in [1.54, 1.807) is 0 Å². The summed E-state index contributed by atoms with van der Waals surface area (Å²) in [6.45, 7) is 7.82. The van der Waals surface area contributed by atoms with Crippen LogP contribution >= 0.6 is 0 Å². The lowest BCUT2D eigenvalue weighted by atomic mass is 9.83. The first-order chi connectivity index (χ1) is 8.95. The van der Waals surface area contributed by atoms with Crippen LogP contribution in [0.25, 0.3) is 0 Å². The molecule has 0 aromatic heterocycles. The number of rotatable bonds is 2. The van der Waals surface area contributed by atoms with Crippen molar-refractivity contribution in [3.63, 3.8) is 0 Å². The number of carbonyl (C=O) groups excluding carboxylic acids is 1. The Balaban J connectivity index is 2.34. The van der Waals surface area contributed by atoms with E-state index >= 15 is 0 Å². The fourth-order valence-electron chi connectivity index (χ4n) is 2.83. The van der Waals surface area contributed by atoms with Gasteiger partial charge in [-0.05, 0) is 29.9 Å². The van der Waals surface area contributed by atoms with Gasteiger partial charge >= 0.3 is 0 Å². The minimum atomic E-state index is -0.0236. The van der Waals surface area contributed by atoms with Gasteiger partial charge in [0.15, 0.2) is 0 Å². The van der Waals surface area contributed by atoms with Crippen LogP contribution in [-0.4, -0.2) is 29.9 Å². The quantitative estimate of drug-likeness (QED) is 0.888. The van der Waals surface area contributed by atoms with E-state index in [-0.39, 0.29) is 17.4 Å². The Morgan fingerprint density at radius 2 is 2.05 bits per heavy atom. The van der Waals surface area contributed by atoms with E-state index in [2.05, 4.69) is 26.8 Å². The molecule has 104 valence electrons. The largest absolute Gasteiger partial charge is 0.334 e. The van der Waals surface area contributed by atoms with Crippen molar-refractivity contribution in [3.05, 3.63) is 35.4 Å². The van der Waals surface area contributed by atoms with Crippen LogP contribution in [-0.2, 0) is 5.41 Å². The third-order valence-electron chi connectivity index (χ3n) is 3.88. The maximum atomic E-state index is 12.8. The molecule has 1 aromatic rings. The SMILES string of the molecule is CC(C)(C)c1ccccc1C(=O)N1CCCC1CN. The molecule has 0 radical (unpaired) electrons. The number of likely N-dealkylation sites (tertiary alicyclic amines) is 1. The summed E-state index contributed by atoms with van der Waals surface area (Å²) >= 11 is 0. The van der Waals surface area contributed by atoms with Gasteiger partial charge in [-0.15, -0.1) is 0 Å². The molecule has 2 rings (SSSR count). The van der Waals surface area contributed by atoms with Gasteiger partial charge in [0.1, 0.15) is 0 Å². The number of nitrogens with two attached hydrogens (primary N) is 1. The van der Waals surface area contributed by atoms with Gasteiger partial charge in [-0.1, -0.05) is 39.0 Å². The Labute approximate surface area is 115 Å². The first-order valence-electron chi connectivity index (χ1n) is 7.05. The molecule has 1 saturated heterocycles. The minimum Gasteiger partial charge on any atom is -0.334 e. The van der Waals surface area contributed by atoms with Crippen LogP contribution in [0.15, 0.2) is 24.3 Å². The maximum absolute atomic E-state index is 12.8. The van der Waals surface area contributed by atoms with Crippen LogP contribution in [0, 0.1) is 0 Å². The Kier molecular flexibility index (Phi) is 3.95. The van der Waals surface area contributed by atoms with E-state index in [0.717, 1.165) is 30.5 Å². The van der Waals surface area contributed by atoms with Crippen LogP contribution in [0.3, 0.4) is 0 Å². The number of amides is 1. The van der Waals surface area contributed by atoms with Crippen molar-refractivity contribution < 1.29 is 4.79 Å². The first-order valence-corrected chi connectivity index (χ1v) is 7.05. The van der Waals surface area contributed by atoms with Crippen LogP contribution in [0.5, 0.6) is 0 Å². The number of hydrogen-bond acceptors (Lipinski definition) is 2. The highest BCUT2D eigenvalue weighted by atomic mass is 16.2. The molecule has 3 nitrogen and oxygen atoms in total. The van der Waals surface area contributed by atoms with Crippen LogP contribution < -0.4 is 5.73 Å². The Morgan fingerprint density at radius 1 is 1.37 bits per heavy atom. The summed E-state index contributed by atoms with van der Waals surface area (Å²) in [6.07, 6.45) is 2.09. The molecule has 1 fully saturated rings. The van der Waals surface area contributed by atoms with E-state index in [1.807, 2.05) is 23.1 Å². The zero-order valence-electron chi connectivity index (χ0n) is 12.1. The normalized spacial score (nSPS) is 19.8. The van der Waals surface area contributed by atoms with Gasteiger partial charge in [0.2, 0.25) is 0 Å². The zero-order valence-corrected chi connectivity index (χ0v) is 12.1. The summed E-state index contributed by atoms with van der Waals surface area (Å²) in [5, 5.41) is 0. The predicted molar refractivity (Wildman–Crippen MR) is 78.3 cm³/mol. The third-order valence-corrected chi connectivity index (χ3v) is 3.88. The summed E-state index contributed by atoms with van der Waals surface area (Å²) in [5.41, 5.74) is 7.69. The summed E-state index contributed by atoms with van der Waals surface area (Å²) in [6, 6.07) is 8.15. The summed E-state index contributed by atoms with van der Waals surface area (Å²) in [4.78, 5) is 14.7. The lowest BCUT2D eigenvalue weighted by molar-refractivity contribution is 0.0738. The third kappa shape index (κ3) is 2.81. The van der Waals surface area contributed by atoms with Crippen LogP contribution in [0.2, 0.25) is 0 Å². The molecule has 1 atom stereocenters. The van der Waals surface area contributed by atoms with Crippen molar-refractivity contribution in [2.75, 3.05) is 13.1 Å². The molecule has 1 aliphatic heterocycles. The molecule has 0 bridgehead atoms. The van der Waals surface area contributed by atoms with E-state index < -0.39 is 0 Å². The highest BCUT2D eigenvalue weighted by Gasteiger charge is 2.31. The molecule has 0 saturated carbocycles. The first kappa shape index (κ1) is 14.1. The molecule has 1 heterocycles. The molecule has 19 heavy (non-hydrogen) atoms. The van der Waals surface area contributed by atoms with E-state index in [4.69, 9.17) is 5.73 Å². The van der Waals surface area contributed by atoms with E-state index in [9.17, 15) is 4.79 Å². The zero-order chi connectivity index (χ0) is 14.0. The fraction of sp³-hybridized carbons (Fsp3) is 0.562. The predicted octanol–water partition coefficient (Wildman–Crippen LogP) is 2.55. The number of benzene rings is 1. The van der Waals surface area contributed by atoms with Gasteiger partial charge in [-0.3, -0.25) is 4.79 Å². The minimum absolute atomic E-state index is 0.0236. The molecule has 0 aliphatic carbocycles. The highest BCUT2D eigenvalue weighted by molar-refractivity contribution is 5.96. The second-order valence-corrected chi connectivity index (χ2v) is 6.33. The summed E-state index contributed by atoms with van der Waals surface area (Å²) < 4.78 is 0. The monoisotopic (exact) mass is 260 g/mol. The Bertz CT molecular complexity index is 462.